The molecule has 1 atom stereocenters. The summed E-state index contributed by atoms with van der Waals surface area (Å²) in [5, 5.41) is 10.4. The molecule has 2 rings (SSSR count). The molecule has 0 bridgehead atoms. The summed E-state index contributed by atoms with van der Waals surface area (Å²) >= 11 is 0. The summed E-state index contributed by atoms with van der Waals surface area (Å²) < 4.78 is 11.1. The van der Waals surface area contributed by atoms with Crippen LogP contribution >= 0.6 is 0 Å². The van der Waals surface area contributed by atoms with E-state index >= 15 is 0 Å². The molecule has 0 amide bonds. The van der Waals surface area contributed by atoms with Crippen molar-refractivity contribution >= 4 is 0 Å². The Kier molecular flexibility index (Phi) is 5.62. The SMILES string of the molecule is CCCOc1ccc(C(O)CN2CCOCC2(C)C)cc1. The molecule has 0 radical (unpaired) electrons. The fourth-order valence-electron chi connectivity index (χ4n) is 2.55. The third-order valence-corrected chi connectivity index (χ3v) is 3.95. The maximum Gasteiger partial charge on any atom is 0.119 e. The minimum absolute atomic E-state index is 0.0244. The summed E-state index contributed by atoms with van der Waals surface area (Å²) in [6.45, 7) is 10.1. The van der Waals surface area contributed by atoms with Crippen molar-refractivity contribution < 1.29 is 14.6 Å². The predicted molar refractivity (Wildman–Crippen MR) is 83.7 cm³/mol. The van der Waals surface area contributed by atoms with Gasteiger partial charge in [0.15, 0.2) is 0 Å². The monoisotopic (exact) mass is 293 g/mol. The van der Waals surface area contributed by atoms with E-state index in [0.717, 1.165) is 37.5 Å². The maximum absolute atomic E-state index is 10.4. The summed E-state index contributed by atoms with van der Waals surface area (Å²) in [4.78, 5) is 2.29. The van der Waals surface area contributed by atoms with Crippen LogP contribution < -0.4 is 4.74 Å². The van der Waals surface area contributed by atoms with E-state index in [1.54, 1.807) is 0 Å². The normalized spacial score (nSPS) is 20.2. The number of rotatable bonds is 6. The lowest BCUT2D eigenvalue weighted by molar-refractivity contribution is -0.0667. The van der Waals surface area contributed by atoms with Gasteiger partial charge in [-0.15, -0.1) is 0 Å². The van der Waals surface area contributed by atoms with Gasteiger partial charge in [0, 0.05) is 18.6 Å². The summed E-state index contributed by atoms with van der Waals surface area (Å²) in [5.41, 5.74) is 0.907. The van der Waals surface area contributed by atoms with Crippen LogP contribution in [0.4, 0.5) is 0 Å². The molecular formula is C17H27NO3. The van der Waals surface area contributed by atoms with Gasteiger partial charge in [0.1, 0.15) is 5.75 Å². The molecule has 1 N–H and O–H groups in total. The van der Waals surface area contributed by atoms with Crippen molar-refractivity contribution in [2.75, 3.05) is 32.9 Å². The minimum atomic E-state index is -0.484. The minimum Gasteiger partial charge on any atom is -0.494 e. The second-order valence-corrected chi connectivity index (χ2v) is 6.24. The lowest BCUT2D eigenvalue weighted by Gasteiger charge is -2.43. The molecule has 1 fully saturated rings. The van der Waals surface area contributed by atoms with E-state index in [1.807, 2.05) is 24.3 Å². The Morgan fingerprint density at radius 1 is 1.33 bits per heavy atom. The molecule has 0 aliphatic carbocycles. The van der Waals surface area contributed by atoms with Gasteiger partial charge in [-0.3, -0.25) is 4.90 Å². The van der Waals surface area contributed by atoms with E-state index in [-0.39, 0.29) is 5.54 Å². The second kappa shape index (κ2) is 7.25. The fourth-order valence-corrected chi connectivity index (χ4v) is 2.55. The molecule has 1 aliphatic rings. The fraction of sp³-hybridized carbons (Fsp3) is 0.647. The van der Waals surface area contributed by atoms with Gasteiger partial charge in [0.25, 0.3) is 0 Å². The van der Waals surface area contributed by atoms with Crippen molar-refractivity contribution in [3.8, 4) is 5.75 Å². The highest BCUT2D eigenvalue weighted by molar-refractivity contribution is 5.28. The molecule has 1 saturated heterocycles. The molecule has 0 saturated carbocycles. The molecule has 1 heterocycles. The van der Waals surface area contributed by atoms with Gasteiger partial charge in [-0.25, -0.2) is 0 Å². The molecule has 1 aliphatic heterocycles. The molecule has 118 valence electrons. The zero-order valence-electron chi connectivity index (χ0n) is 13.3. The van der Waals surface area contributed by atoms with Crippen LogP contribution in [0, 0.1) is 0 Å². The summed E-state index contributed by atoms with van der Waals surface area (Å²) in [5.74, 6) is 0.861. The predicted octanol–water partition coefficient (Wildman–Crippen LogP) is 2.62. The van der Waals surface area contributed by atoms with Gasteiger partial charge in [-0.05, 0) is 38.0 Å². The number of ether oxygens (including phenoxy) is 2. The molecule has 0 aromatic heterocycles. The first-order chi connectivity index (χ1) is 10.0. The van der Waals surface area contributed by atoms with Crippen LogP contribution in [0.5, 0.6) is 5.75 Å². The number of hydrogen-bond acceptors (Lipinski definition) is 4. The number of nitrogens with zero attached hydrogens (tertiary/aromatic N) is 1. The zero-order valence-corrected chi connectivity index (χ0v) is 13.3. The van der Waals surface area contributed by atoms with Gasteiger partial charge in [0.2, 0.25) is 0 Å². The Morgan fingerprint density at radius 3 is 2.67 bits per heavy atom. The topological polar surface area (TPSA) is 41.9 Å². The van der Waals surface area contributed by atoms with Crippen LogP contribution in [0.1, 0.15) is 38.9 Å². The van der Waals surface area contributed by atoms with Crippen LogP contribution in [-0.4, -0.2) is 48.5 Å². The van der Waals surface area contributed by atoms with Crippen molar-refractivity contribution in [3.05, 3.63) is 29.8 Å². The Hall–Kier alpha value is -1.10. The van der Waals surface area contributed by atoms with E-state index in [9.17, 15) is 5.11 Å². The van der Waals surface area contributed by atoms with Crippen molar-refractivity contribution in [3.63, 3.8) is 0 Å². The van der Waals surface area contributed by atoms with E-state index < -0.39 is 6.10 Å². The highest BCUT2D eigenvalue weighted by atomic mass is 16.5. The average molecular weight is 293 g/mol. The van der Waals surface area contributed by atoms with Crippen LogP contribution in [0.25, 0.3) is 0 Å². The first-order valence-electron chi connectivity index (χ1n) is 7.76. The number of hydrogen-bond donors (Lipinski definition) is 1. The molecule has 21 heavy (non-hydrogen) atoms. The van der Waals surface area contributed by atoms with Crippen molar-refractivity contribution in [1.82, 2.24) is 4.90 Å². The standard InChI is InChI=1S/C17H27NO3/c1-4-10-21-15-7-5-14(6-8-15)16(19)12-18-9-11-20-13-17(18,2)3/h5-8,16,19H,4,9-13H2,1-3H3. The molecule has 1 aromatic carbocycles. The van der Waals surface area contributed by atoms with Crippen LogP contribution in [0.2, 0.25) is 0 Å². The summed E-state index contributed by atoms with van der Waals surface area (Å²) in [7, 11) is 0. The molecule has 4 heteroatoms. The van der Waals surface area contributed by atoms with Crippen molar-refractivity contribution in [1.29, 1.82) is 0 Å². The molecule has 1 unspecified atom stereocenters. The zero-order chi connectivity index (χ0) is 15.3. The largest absolute Gasteiger partial charge is 0.494 e. The molecule has 0 spiro atoms. The lowest BCUT2D eigenvalue weighted by atomic mass is 10.0. The van der Waals surface area contributed by atoms with Crippen LogP contribution in [0.3, 0.4) is 0 Å². The summed E-state index contributed by atoms with van der Waals surface area (Å²) in [6, 6.07) is 7.75. The molecular weight excluding hydrogens is 266 g/mol. The van der Waals surface area contributed by atoms with Gasteiger partial charge in [0.05, 0.1) is 25.9 Å². The van der Waals surface area contributed by atoms with Crippen molar-refractivity contribution in [2.45, 2.75) is 38.8 Å². The summed E-state index contributed by atoms with van der Waals surface area (Å²) in [6.07, 6.45) is 0.513. The van der Waals surface area contributed by atoms with E-state index in [2.05, 4.69) is 25.7 Å². The number of benzene rings is 1. The third kappa shape index (κ3) is 4.43. The Bertz CT molecular complexity index is 430. The second-order valence-electron chi connectivity index (χ2n) is 6.24. The lowest BCUT2D eigenvalue weighted by Crippen LogP contribution is -2.54. The van der Waals surface area contributed by atoms with Crippen LogP contribution in [0.15, 0.2) is 24.3 Å². The quantitative estimate of drug-likeness (QED) is 0.875. The first kappa shape index (κ1) is 16.3. The maximum atomic E-state index is 10.4. The van der Waals surface area contributed by atoms with Gasteiger partial charge < -0.3 is 14.6 Å². The van der Waals surface area contributed by atoms with Gasteiger partial charge in [-0.2, -0.15) is 0 Å². The smallest absolute Gasteiger partial charge is 0.119 e. The first-order valence-corrected chi connectivity index (χ1v) is 7.76. The highest BCUT2D eigenvalue weighted by Crippen LogP contribution is 2.24. The highest BCUT2D eigenvalue weighted by Gasteiger charge is 2.31. The third-order valence-electron chi connectivity index (χ3n) is 3.95. The number of aliphatic hydroxyl groups excluding tert-OH is 1. The Morgan fingerprint density at radius 2 is 2.05 bits per heavy atom. The van der Waals surface area contributed by atoms with E-state index in [4.69, 9.17) is 9.47 Å². The number of aliphatic hydroxyl groups is 1. The molecule has 4 nitrogen and oxygen atoms in total. The van der Waals surface area contributed by atoms with Gasteiger partial charge >= 0.3 is 0 Å². The van der Waals surface area contributed by atoms with Crippen LogP contribution in [-0.2, 0) is 4.74 Å². The number of β-amino-alcohol motifs (C(OH)–C–C–N with tert-alkyl or cyclic N) is 1. The van der Waals surface area contributed by atoms with E-state index in [1.165, 1.54) is 0 Å². The van der Waals surface area contributed by atoms with E-state index in [0.29, 0.717) is 13.2 Å². The van der Waals surface area contributed by atoms with Crippen molar-refractivity contribution in [2.24, 2.45) is 0 Å². The van der Waals surface area contributed by atoms with Gasteiger partial charge in [-0.1, -0.05) is 19.1 Å². The Balaban J connectivity index is 1.94. The Labute approximate surface area is 127 Å². The average Bonchev–Trinajstić information content (AvgIpc) is 2.47. The number of morpholine rings is 1. The molecule has 1 aromatic rings.